The summed E-state index contributed by atoms with van der Waals surface area (Å²) in [7, 11) is -3.80. The maximum absolute atomic E-state index is 13.0. The average molecular weight is 485 g/mol. The Bertz CT molecular complexity index is 1150. The molecule has 1 heterocycles. The summed E-state index contributed by atoms with van der Waals surface area (Å²) >= 11 is 13.2. The molecule has 0 bridgehead atoms. The van der Waals surface area contributed by atoms with Crippen LogP contribution in [0.2, 0.25) is 10.0 Å². The molecule has 0 aliphatic heterocycles. The summed E-state index contributed by atoms with van der Waals surface area (Å²) in [6.45, 7) is 1.72. The Morgan fingerprint density at radius 1 is 1.13 bits per heavy atom. The van der Waals surface area contributed by atoms with Crippen LogP contribution < -0.4 is 9.62 Å². The lowest BCUT2D eigenvalue weighted by Crippen LogP contribution is -2.47. The molecule has 3 aromatic rings. The molecule has 1 atom stereocenters. The SMILES string of the molecule is CC[C@H](C(=O)Nc1nnc(-c2ccccc2)s1)N(c1ccc(Cl)c(Cl)c1)S(C)(=O)=O. The number of anilines is 2. The van der Waals surface area contributed by atoms with Gasteiger partial charge in [-0.15, -0.1) is 10.2 Å². The zero-order valence-corrected chi connectivity index (χ0v) is 19.2. The normalized spacial score (nSPS) is 12.4. The van der Waals surface area contributed by atoms with Crippen molar-refractivity contribution in [1.82, 2.24) is 10.2 Å². The highest BCUT2D eigenvalue weighted by atomic mass is 35.5. The van der Waals surface area contributed by atoms with Crippen molar-refractivity contribution in [2.24, 2.45) is 0 Å². The minimum atomic E-state index is -3.80. The van der Waals surface area contributed by atoms with Gasteiger partial charge in [0.1, 0.15) is 11.0 Å². The largest absolute Gasteiger partial charge is 0.299 e. The van der Waals surface area contributed by atoms with Crippen molar-refractivity contribution >= 4 is 61.3 Å². The van der Waals surface area contributed by atoms with E-state index in [9.17, 15) is 13.2 Å². The quantitative estimate of drug-likeness (QED) is 0.524. The van der Waals surface area contributed by atoms with Crippen LogP contribution in [-0.2, 0) is 14.8 Å². The van der Waals surface area contributed by atoms with Gasteiger partial charge in [0, 0.05) is 5.56 Å². The van der Waals surface area contributed by atoms with Gasteiger partial charge in [-0.2, -0.15) is 0 Å². The highest BCUT2D eigenvalue weighted by molar-refractivity contribution is 7.92. The number of carbonyl (C=O) groups is 1. The first-order chi connectivity index (χ1) is 14.2. The predicted octanol–water partition coefficient (Wildman–Crippen LogP) is 4.70. The molecular weight excluding hydrogens is 467 g/mol. The molecule has 2 aromatic carbocycles. The van der Waals surface area contributed by atoms with Gasteiger partial charge < -0.3 is 0 Å². The van der Waals surface area contributed by atoms with Crippen molar-refractivity contribution in [2.75, 3.05) is 15.9 Å². The van der Waals surface area contributed by atoms with Gasteiger partial charge in [0.05, 0.1) is 22.0 Å². The fourth-order valence-corrected chi connectivity index (χ4v) is 5.09. The van der Waals surface area contributed by atoms with Crippen LogP contribution in [0.5, 0.6) is 0 Å². The summed E-state index contributed by atoms with van der Waals surface area (Å²) in [6.07, 6.45) is 1.26. The number of rotatable bonds is 7. The number of benzene rings is 2. The van der Waals surface area contributed by atoms with Crippen molar-refractivity contribution in [1.29, 1.82) is 0 Å². The van der Waals surface area contributed by atoms with Gasteiger partial charge in [-0.3, -0.25) is 14.4 Å². The van der Waals surface area contributed by atoms with Gasteiger partial charge in [0.15, 0.2) is 0 Å². The summed E-state index contributed by atoms with van der Waals surface area (Å²) in [5.74, 6) is -0.523. The summed E-state index contributed by atoms with van der Waals surface area (Å²) in [4.78, 5) is 13.0. The van der Waals surface area contributed by atoms with Crippen molar-refractivity contribution < 1.29 is 13.2 Å². The number of hydrogen-bond donors (Lipinski definition) is 1. The number of aromatic nitrogens is 2. The third-order valence-electron chi connectivity index (χ3n) is 4.16. The van der Waals surface area contributed by atoms with Gasteiger partial charge in [-0.05, 0) is 24.6 Å². The van der Waals surface area contributed by atoms with Crippen LogP contribution in [0.1, 0.15) is 13.3 Å². The minimum Gasteiger partial charge on any atom is -0.299 e. The van der Waals surface area contributed by atoms with Gasteiger partial charge in [-0.25, -0.2) is 8.42 Å². The first-order valence-electron chi connectivity index (χ1n) is 8.85. The number of halogens is 2. The average Bonchev–Trinajstić information content (AvgIpc) is 3.16. The molecular formula is C19H18Cl2N4O3S2. The molecule has 1 N–H and O–H groups in total. The second kappa shape index (κ2) is 9.30. The van der Waals surface area contributed by atoms with E-state index < -0.39 is 22.0 Å². The topological polar surface area (TPSA) is 92.3 Å². The van der Waals surface area contributed by atoms with E-state index in [1.807, 2.05) is 30.3 Å². The standard InChI is InChI=1S/C19H18Cl2N4O3S2/c1-3-16(25(30(2,27)28)13-9-10-14(20)15(21)11-13)17(26)22-19-24-23-18(29-19)12-7-5-4-6-8-12/h4-11,16H,3H2,1-2H3,(H,22,24,26)/t16-/m1/s1. The lowest BCUT2D eigenvalue weighted by Gasteiger charge is -2.30. The monoisotopic (exact) mass is 484 g/mol. The number of nitrogens with one attached hydrogen (secondary N) is 1. The van der Waals surface area contributed by atoms with Gasteiger partial charge in [0.2, 0.25) is 21.1 Å². The fourth-order valence-electron chi connectivity index (χ4n) is 2.84. The zero-order valence-electron chi connectivity index (χ0n) is 16.0. The van der Waals surface area contributed by atoms with Crippen molar-refractivity contribution in [3.05, 3.63) is 58.6 Å². The first kappa shape index (κ1) is 22.5. The van der Waals surface area contributed by atoms with E-state index in [1.165, 1.54) is 29.5 Å². The van der Waals surface area contributed by atoms with Gasteiger partial charge >= 0.3 is 0 Å². The molecule has 3 rings (SSSR count). The zero-order chi connectivity index (χ0) is 21.9. The van der Waals surface area contributed by atoms with Crippen LogP contribution in [0, 0.1) is 0 Å². The van der Waals surface area contributed by atoms with E-state index in [-0.39, 0.29) is 27.3 Å². The molecule has 1 aromatic heterocycles. The van der Waals surface area contributed by atoms with Crippen LogP contribution in [0.15, 0.2) is 48.5 Å². The van der Waals surface area contributed by atoms with E-state index in [2.05, 4.69) is 15.5 Å². The predicted molar refractivity (Wildman–Crippen MR) is 122 cm³/mol. The van der Waals surface area contributed by atoms with E-state index in [0.717, 1.165) is 16.1 Å². The number of hydrogen-bond acceptors (Lipinski definition) is 6. The second-order valence-electron chi connectivity index (χ2n) is 6.35. The Labute approximate surface area is 188 Å². The van der Waals surface area contributed by atoms with Crippen LogP contribution in [0.25, 0.3) is 10.6 Å². The molecule has 0 aliphatic rings. The molecule has 0 saturated carbocycles. The van der Waals surface area contributed by atoms with Crippen molar-refractivity contribution in [3.63, 3.8) is 0 Å². The highest BCUT2D eigenvalue weighted by Gasteiger charge is 2.32. The smallest absolute Gasteiger partial charge is 0.250 e. The summed E-state index contributed by atoms with van der Waals surface area (Å²) < 4.78 is 26.1. The Balaban J connectivity index is 1.88. The molecule has 11 heteroatoms. The molecule has 0 fully saturated rings. The third kappa shape index (κ3) is 5.10. The summed E-state index contributed by atoms with van der Waals surface area (Å²) in [5, 5.41) is 12.2. The lowest BCUT2D eigenvalue weighted by molar-refractivity contribution is -0.117. The maximum atomic E-state index is 13.0. The Morgan fingerprint density at radius 3 is 2.43 bits per heavy atom. The highest BCUT2D eigenvalue weighted by Crippen LogP contribution is 2.31. The lowest BCUT2D eigenvalue weighted by atomic mass is 10.2. The molecule has 0 radical (unpaired) electrons. The molecule has 30 heavy (non-hydrogen) atoms. The number of carbonyl (C=O) groups excluding carboxylic acids is 1. The number of sulfonamides is 1. The summed E-state index contributed by atoms with van der Waals surface area (Å²) in [5.41, 5.74) is 1.12. The summed E-state index contributed by atoms with van der Waals surface area (Å²) in [6, 6.07) is 12.8. The van der Waals surface area contributed by atoms with Crippen molar-refractivity contribution in [3.8, 4) is 10.6 Å². The molecule has 0 aliphatic carbocycles. The van der Waals surface area contributed by atoms with Crippen molar-refractivity contribution in [2.45, 2.75) is 19.4 Å². The number of amides is 1. The Kier molecular flexibility index (Phi) is 6.97. The van der Waals surface area contributed by atoms with Crippen LogP contribution in [0.4, 0.5) is 10.8 Å². The van der Waals surface area contributed by atoms with E-state index in [1.54, 1.807) is 6.92 Å². The molecule has 158 valence electrons. The molecule has 0 unspecified atom stereocenters. The minimum absolute atomic E-state index is 0.190. The van der Waals surface area contributed by atoms with E-state index in [0.29, 0.717) is 5.01 Å². The van der Waals surface area contributed by atoms with E-state index >= 15 is 0 Å². The van der Waals surface area contributed by atoms with Crippen LogP contribution in [-0.4, -0.2) is 36.8 Å². The molecule has 1 amide bonds. The van der Waals surface area contributed by atoms with Gasteiger partial charge in [-0.1, -0.05) is 71.8 Å². The number of nitrogens with zero attached hydrogens (tertiary/aromatic N) is 3. The van der Waals surface area contributed by atoms with Crippen LogP contribution >= 0.6 is 34.5 Å². The molecule has 0 spiro atoms. The first-order valence-corrected chi connectivity index (χ1v) is 12.3. The van der Waals surface area contributed by atoms with Gasteiger partial charge in [0.25, 0.3) is 0 Å². The molecule has 7 nitrogen and oxygen atoms in total. The maximum Gasteiger partial charge on any atom is 0.250 e. The Hall–Kier alpha value is -2.20. The van der Waals surface area contributed by atoms with E-state index in [4.69, 9.17) is 23.2 Å². The Morgan fingerprint density at radius 2 is 1.83 bits per heavy atom. The second-order valence-corrected chi connectivity index (χ2v) is 10.0. The molecule has 0 saturated heterocycles. The third-order valence-corrected chi connectivity index (χ3v) is 6.97. The van der Waals surface area contributed by atoms with Crippen LogP contribution in [0.3, 0.4) is 0 Å². The fraction of sp³-hybridized carbons (Fsp3) is 0.211.